The minimum Gasteiger partial charge on any atom is -0.408 e. The van der Waals surface area contributed by atoms with Crippen molar-refractivity contribution in [1.29, 1.82) is 0 Å². The number of carbonyl (C=O) groups is 1. The first-order valence-electron chi connectivity index (χ1n) is 11.9. The van der Waals surface area contributed by atoms with Gasteiger partial charge >= 0.3 is 11.8 Å². The first-order chi connectivity index (χ1) is 16.0. The van der Waals surface area contributed by atoms with Crippen LogP contribution in [0.1, 0.15) is 31.2 Å². The number of anilines is 1. The van der Waals surface area contributed by atoms with Crippen molar-refractivity contribution in [3.8, 4) is 0 Å². The third-order valence-corrected chi connectivity index (χ3v) is 7.32. The van der Waals surface area contributed by atoms with Crippen LogP contribution in [0.25, 0.3) is 11.1 Å². The molecule has 1 spiro atoms. The molecule has 2 aliphatic rings. The van der Waals surface area contributed by atoms with Gasteiger partial charge in [0.1, 0.15) is 0 Å². The summed E-state index contributed by atoms with van der Waals surface area (Å²) in [6, 6.07) is 16.5. The molecule has 0 saturated carbocycles. The van der Waals surface area contributed by atoms with Crippen LogP contribution in [0.3, 0.4) is 0 Å². The Morgan fingerprint density at radius 1 is 1.06 bits per heavy atom. The van der Waals surface area contributed by atoms with Crippen molar-refractivity contribution in [2.24, 2.45) is 12.5 Å². The molecule has 2 aliphatic heterocycles. The molecule has 0 unspecified atom stereocenters. The molecule has 3 aromatic rings. The van der Waals surface area contributed by atoms with Gasteiger partial charge in [-0.05, 0) is 49.8 Å². The smallest absolute Gasteiger partial charge is 0.408 e. The first kappa shape index (κ1) is 21.6. The fourth-order valence-corrected chi connectivity index (χ4v) is 5.19. The second-order valence-corrected chi connectivity index (χ2v) is 9.60. The van der Waals surface area contributed by atoms with Crippen LogP contribution in [-0.2, 0) is 13.5 Å². The van der Waals surface area contributed by atoms with Gasteiger partial charge in [-0.25, -0.2) is 9.59 Å². The maximum Gasteiger partial charge on any atom is 0.419 e. The zero-order chi connectivity index (χ0) is 22.8. The van der Waals surface area contributed by atoms with Crippen molar-refractivity contribution in [2.75, 3.05) is 37.6 Å². The second-order valence-electron chi connectivity index (χ2n) is 9.60. The van der Waals surface area contributed by atoms with Crippen LogP contribution in [0.4, 0.5) is 10.5 Å². The van der Waals surface area contributed by atoms with Crippen LogP contribution in [0.15, 0.2) is 57.7 Å². The quantitative estimate of drug-likeness (QED) is 0.583. The van der Waals surface area contributed by atoms with Gasteiger partial charge in [-0.2, -0.15) is 0 Å². The number of benzene rings is 2. The van der Waals surface area contributed by atoms with Gasteiger partial charge in [-0.1, -0.05) is 30.3 Å². The molecule has 1 aromatic heterocycles. The lowest BCUT2D eigenvalue weighted by molar-refractivity contribution is 0.0113. The van der Waals surface area contributed by atoms with E-state index in [1.165, 1.54) is 10.1 Å². The number of fused-ring (bicyclic) bond motifs is 1. The summed E-state index contributed by atoms with van der Waals surface area (Å²) in [5.41, 5.74) is 4.16. The van der Waals surface area contributed by atoms with Crippen LogP contribution in [0.5, 0.6) is 0 Å². The lowest BCUT2D eigenvalue weighted by atomic mass is 9.72. The molecule has 2 saturated heterocycles. The Morgan fingerprint density at radius 3 is 2.58 bits per heavy atom. The van der Waals surface area contributed by atoms with E-state index >= 15 is 0 Å². The van der Waals surface area contributed by atoms with Gasteiger partial charge in [0.2, 0.25) is 0 Å². The van der Waals surface area contributed by atoms with Crippen LogP contribution >= 0.6 is 0 Å². The van der Waals surface area contributed by atoms with Gasteiger partial charge in [-0.15, -0.1) is 0 Å². The Kier molecular flexibility index (Phi) is 5.87. The number of aryl methyl sites for hydroxylation is 2. The summed E-state index contributed by atoms with van der Waals surface area (Å²) in [6.07, 6.45) is 5.29. The molecule has 7 nitrogen and oxygen atoms in total. The summed E-state index contributed by atoms with van der Waals surface area (Å²) in [5.74, 6) is -0.330. The Labute approximate surface area is 194 Å². The zero-order valence-corrected chi connectivity index (χ0v) is 19.3. The molecule has 5 rings (SSSR count). The van der Waals surface area contributed by atoms with Gasteiger partial charge in [-0.3, -0.25) is 4.57 Å². The normalized spacial score (nSPS) is 17.4. The molecule has 0 radical (unpaired) electrons. The molecule has 174 valence electrons. The molecule has 3 heterocycles. The van der Waals surface area contributed by atoms with E-state index in [-0.39, 0.29) is 17.2 Å². The summed E-state index contributed by atoms with van der Waals surface area (Å²) in [6.45, 7) is 4.35. The number of unbranched alkanes of at least 4 members (excludes halogenated alkanes) is 1. The topological polar surface area (TPSA) is 70.7 Å². The molecule has 1 N–H and O–H groups in total. The predicted octanol–water partition coefficient (Wildman–Crippen LogP) is 3.77. The van der Waals surface area contributed by atoms with Gasteiger partial charge in [0.05, 0.1) is 5.52 Å². The highest BCUT2D eigenvalue weighted by Crippen LogP contribution is 2.41. The van der Waals surface area contributed by atoms with Gasteiger partial charge in [0.15, 0.2) is 5.58 Å². The molecule has 2 aromatic carbocycles. The number of hydrogen-bond donors (Lipinski definition) is 1. The van der Waals surface area contributed by atoms with Crippen molar-refractivity contribution >= 4 is 22.8 Å². The summed E-state index contributed by atoms with van der Waals surface area (Å²) < 4.78 is 6.87. The van der Waals surface area contributed by atoms with Crippen molar-refractivity contribution in [3.63, 3.8) is 0 Å². The molecule has 0 atom stereocenters. The van der Waals surface area contributed by atoms with E-state index in [2.05, 4.69) is 40.5 Å². The maximum absolute atomic E-state index is 12.5. The summed E-state index contributed by atoms with van der Waals surface area (Å²) in [5, 5.41) is 3.09. The highest BCUT2D eigenvalue weighted by Gasteiger charge is 2.46. The van der Waals surface area contributed by atoms with E-state index in [9.17, 15) is 9.59 Å². The van der Waals surface area contributed by atoms with Gasteiger partial charge in [0.25, 0.3) is 0 Å². The van der Waals surface area contributed by atoms with Crippen LogP contribution < -0.4 is 16.0 Å². The van der Waals surface area contributed by atoms with Crippen molar-refractivity contribution in [2.45, 2.75) is 32.1 Å². The zero-order valence-electron chi connectivity index (χ0n) is 19.3. The average Bonchev–Trinajstić information content (AvgIpc) is 3.10. The number of nitrogens with one attached hydrogen (secondary N) is 1. The Morgan fingerprint density at radius 2 is 1.82 bits per heavy atom. The number of likely N-dealkylation sites (tertiary alicyclic amines) is 1. The monoisotopic (exact) mass is 448 g/mol. The van der Waals surface area contributed by atoms with E-state index in [0.717, 1.165) is 76.0 Å². The Hall–Kier alpha value is -3.22. The molecule has 0 bridgehead atoms. The molecular formula is C26H32N4O3. The predicted molar refractivity (Wildman–Crippen MR) is 130 cm³/mol. The highest BCUT2D eigenvalue weighted by molar-refractivity contribution is 5.78. The number of nitrogens with zero attached hydrogens (tertiary/aromatic N) is 3. The lowest BCUT2D eigenvalue weighted by Crippen LogP contribution is -2.63. The molecule has 2 amide bonds. The third kappa shape index (κ3) is 4.49. The maximum atomic E-state index is 12.5. The molecule has 7 heteroatoms. The van der Waals surface area contributed by atoms with E-state index in [1.807, 2.05) is 23.1 Å². The van der Waals surface area contributed by atoms with Crippen molar-refractivity contribution < 1.29 is 9.21 Å². The van der Waals surface area contributed by atoms with Gasteiger partial charge in [0, 0.05) is 56.9 Å². The molecule has 33 heavy (non-hydrogen) atoms. The van der Waals surface area contributed by atoms with Crippen molar-refractivity contribution in [3.05, 3.63) is 64.6 Å². The fourth-order valence-electron chi connectivity index (χ4n) is 5.19. The minimum atomic E-state index is -0.330. The van der Waals surface area contributed by atoms with E-state index in [4.69, 9.17) is 4.42 Å². The Bertz CT molecular complexity index is 1170. The minimum absolute atomic E-state index is 0.0762. The van der Waals surface area contributed by atoms with E-state index in [1.54, 1.807) is 7.05 Å². The Balaban J connectivity index is 1.04. The van der Waals surface area contributed by atoms with Crippen LogP contribution in [0, 0.1) is 5.41 Å². The number of carbonyl (C=O) groups excluding carboxylic acids is 1. The standard InChI is InChI=1S/C26H32N4O3/c1-28-22-11-10-21(17-23(22)33-25(28)32)29-15-12-26(13-16-29)18-30(19-26)24(31)27-14-6-5-9-20-7-3-2-4-8-20/h2-4,7-8,10-11,17H,5-6,9,12-16,18-19H2,1H3,(H,27,31). The van der Waals surface area contributed by atoms with Gasteiger partial charge < -0.3 is 19.5 Å². The van der Waals surface area contributed by atoms with Crippen LogP contribution in [-0.4, -0.2) is 48.2 Å². The number of aromatic nitrogens is 1. The summed E-state index contributed by atoms with van der Waals surface area (Å²) in [4.78, 5) is 28.5. The SMILES string of the molecule is Cn1c(=O)oc2cc(N3CCC4(CC3)CN(C(=O)NCCCCc3ccccc3)C4)ccc21. The number of urea groups is 1. The second kappa shape index (κ2) is 8.96. The molecule has 2 fully saturated rings. The third-order valence-electron chi connectivity index (χ3n) is 7.32. The summed E-state index contributed by atoms with van der Waals surface area (Å²) in [7, 11) is 1.72. The van der Waals surface area contributed by atoms with Crippen LogP contribution in [0.2, 0.25) is 0 Å². The first-order valence-corrected chi connectivity index (χ1v) is 11.9. The lowest BCUT2D eigenvalue weighted by Gasteiger charge is -2.54. The number of amides is 2. The molecular weight excluding hydrogens is 416 g/mol. The number of piperidine rings is 1. The number of hydrogen-bond acceptors (Lipinski definition) is 4. The van der Waals surface area contributed by atoms with Crippen molar-refractivity contribution in [1.82, 2.24) is 14.8 Å². The summed E-state index contributed by atoms with van der Waals surface area (Å²) >= 11 is 0. The highest BCUT2D eigenvalue weighted by atomic mass is 16.4. The average molecular weight is 449 g/mol. The fraction of sp³-hybridized carbons (Fsp3) is 0.462. The largest absolute Gasteiger partial charge is 0.419 e. The van der Waals surface area contributed by atoms with E-state index < -0.39 is 0 Å². The number of oxazole rings is 1. The number of rotatable bonds is 6. The molecule has 0 aliphatic carbocycles. The van der Waals surface area contributed by atoms with E-state index in [0.29, 0.717) is 5.58 Å².